The molecule has 1 aliphatic heterocycles. The Bertz CT molecular complexity index is 1170. The predicted molar refractivity (Wildman–Crippen MR) is 135 cm³/mol. The molecule has 1 aromatic heterocycles. The van der Waals surface area contributed by atoms with Crippen LogP contribution in [-0.2, 0) is 27.8 Å². The van der Waals surface area contributed by atoms with Crippen LogP contribution in [0.4, 0.5) is 0 Å². The second-order valence-corrected chi connectivity index (χ2v) is 11.9. The second-order valence-electron chi connectivity index (χ2n) is 8.46. The highest BCUT2D eigenvalue weighted by Crippen LogP contribution is 2.29. The molecule has 1 atom stereocenters. The molecule has 176 valence electrons. The van der Waals surface area contributed by atoms with Crippen LogP contribution in [-0.4, -0.2) is 31.7 Å². The smallest absolute Gasteiger partial charge is 0.252 e. The minimum absolute atomic E-state index is 0.150. The Morgan fingerprint density at radius 3 is 2.33 bits per heavy atom. The normalized spacial score (nSPS) is 16.2. The van der Waals surface area contributed by atoms with Gasteiger partial charge in [0.15, 0.2) is 0 Å². The SMILES string of the molecule is Cc1ccc(S(=O)(=O)N2CCCC2C)s1.Cc1cccc(Cc2cccc(CNC=O)c2)c1. The standard InChI is InChI=1S/C16H17NO.C10H15NO2S2/c1-13-4-2-5-14(8-13)9-15-6-3-7-16(10-15)11-17-12-18;1-8-4-3-7-11(8)15(12,13)10-6-5-9(2)14-10/h2-8,10,12H,9,11H2,1H3,(H,17,18);5-6,8H,3-4,7H2,1-2H3. The van der Waals surface area contributed by atoms with E-state index in [0.717, 1.165) is 36.1 Å². The van der Waals surface area contributed by atoms with Crippen molar-refractivity contribution in [3.63, 3.8) is 0 Å². The average Bonchev–Trinajstić information content (AvgIpc) is 3.42. The summed E-state index contributed by atoms with van der Waals surface area (Å²) in [6.45, 7) is 7.27. The molecule has 0 aliphatic carbocycles. The van der Waals surface area contributed by atoms with Gasteiger partial charge in [0, 0.05) is 24.0 Å². The Kier molecular flexibility index (Phi) is 8.83. The molecule has 33 heavy (non-hydrogen) atoms. The maximum atomic E-state index is 12.2. The number of thiophene rings is 1. The quantitative estimate of drug-likeness (QED) is 0.477. The van der Waals surface area contributed by atoms with Gasteiger partial charge in [-0.25, -0.2) is 8.42 Å². The Morgan fingerprint density at radius 2 is 1.73 bits per heavy atom. The fraction of sp³-hybridized carbons (Fsp3) is 0.346. The molecule has 1 saturated heterocycles. The van der Waals surface area contributed by atoms with Gasteiger partial charge in [0.25, 0.3) is 10.0 Å². The van der Waals surface area contributed by atoms with Gasteiger partial charge in [-0.05, 0) is 68.9 Å². The number of aryl methyl sites for hydroxylation is 2. The zero-order valence-electron chi connectivity index (χ0n) is 19.5. The van der Waals surface area contributed by atoms with Gasteiger partial charge in [-0.1, -0.05) is 54.1 Å². The van der Waals surface area contributed by atoms with Crippen LogP contribution in [0.3, 0.4) is 0 Å². The van der Waals surface area contributed by atoms with Crippen molar-refractivity contribution in [3.8, 4) is 0 Å². The number of rotatable bonds is 7. The molecule has 5 nitrogen and oxygen atoms in total. The summed E-state index contributed by atoms with van der Waals surface area (Å²) < 4.78 is 26.5. The lowest BCUT2D eigenvalue weighted by atomic mass is 10.0. The first-order chi connectivity index (χ1) is 15.8. The third-order valence-electron chi connectivity index (χ3n) is 5.64. The highest BCUT2D eigenvalue weighted by Gasteiger charge is 2.33. The maximum Gasteiger partial charge on any atom is 0.252 e. The number of sulfonamides is 1. The van der Waals surface area contributed by atoms with Crippen LogP contribution in [0.2, 0.25) is 0 Å². The van der Waals surface area contributed by atoms with Crippen LogP contribution < -0.4 is 5.32 Å². The molecule has 2 heterocycles. The lowest BCUT2D eigenvalue weighted by molar-refractivity contribution is -0.109. The number of amides is 1. The van der Waals surface area contributed by atoms with Gasteiger partial charge in [0.2, 0.25) is 6.41 Å². The fourth-order valence-electron chi connectivity index (χ4n) is 4.00. The Labute approximate surface area is 201 Å². The summed E-state index contributed by atoms with van der Waals surface area (Å²) in [6.07, 6.45) is 3.61. The van der Waals surface area contributed by atoms with E-state index < -0.39 is 10.0 Å². The van der Waals surface area contributed by atoms with E-state index >= 15 is 0 Å². The number of nitrogens with one attached hydrogen (secondary N) is 1. The molecule has 0 saturated carbocycles. The van der Waals surface area contributed by atoms with Gasteiger partial charge >= 0.3 is 0 Å². The molecule has 1 unspecified atom stereocenters. The van der Waals surface area contributed by atoms with Gasteiger partial charge in [-0.2, -0.15) is 4.31 Å². The van der Waals surface area contributed by atoms with Crippen molar-refractivity contribution in [1.82, 2.24) is 9.62 Å². The van der Waals surface area contributed by atoms with Crippen LogP contribution >= 0.6 is 11.3 Å². The summed E-state index contributed by atoms with van der Waals surface area (Å²) in [5, 5.41) is 2.68. The Hall–Kier alpha value is -2.48. The third-order valence-corrected chi connectivity index (χ3v) is 9.12. The van der Waals surface area contributed by atoms with Crippen molar-refractivity contribution in [1.29, 1.82) is 0 Å². The monoisotopic (exact) mass is 484 g/mol. The number of benzene rings is 2. The van der Waals surface area contributed by atoms with Crippen molar-refractivity contribution in [2.75, 3.05) is 6.54 Å². The first-order valence-corrected chi connectivity index (χ1v) is 13.4. The number of carbonyl (C=O) groups is 1. The molecule has 0 radical (unpaired) electrons. The molecule has 3 aromatic rings. The van der Waals surface area contributed by atoms with Crippen molar-refractivity contribution in [2.24, 2.45) is 0 Å². The average molecular weight is 485 g/mol. The Balaban J connectivity index is 0.000000189. The first kappa shape index (κ1) is 25.1. The van der Waals surface area contributed by atoms with Crippen LogP contribution in [0.25, 0.3) is 0 Å². The van der Waals surface area contributed by atoms with E-state index in [-0.39, 0.29) is 6.04 Å². The topological polar surface area (TPSA) is 66.5 Å². The van der Waals surface area contributed by atoms with Gasteiger partial charge in [-0.15, -0.1) is 11.3 Å². The summed E-state index contributed by atoms with van der Waals surface area (Å²) in [7, 11) is -3.22. The van der Waals surface area contributed by atoms with Crippen molar-refractivity contribution < 1.29 is 13.2 Å². The highest BCUT2D eigenvalue weighted by molar-refractivity contribution is 7.91. The van der Waals surface area contributed by atoms with Crippen LogP contribution in [0.15, 0.2) is 64.9 Å². The molecule has 1 N–H and O–H groups in total. The number of hydrogen-bond acceptors (Lipinski definition) is 4. The van der Waals surface area contributed by atoms with E-state index in [1.54, 1.807) is 10.4 Å². The largest absolute Gasteiger partial charge is 0.355 e. The lowest BCUT2D eigenvalue weighted by Gasteiger charge is -2.19. The summed E-state index contributed by atoms with van der Waals surface area (Å²) in [5.74, 6) is 0. The molecule has 2 aromatic carbocycles. The van der Waals surface area contributed by atoms with Gasteiger partial charge in [-0.3, -0.25) is 4.79 Å². The Morgan fingerprint density at radius 1 is 1.03 bits per heavy atom. The van der Waals surface area contributed by atoms with Crippen LogP contribution in [0, 0.1) is 13.8 Å². The summed E-state index contributed by atoms with van der Waals surface area (Å²) in [4.78, 5) is 11.3. The molecule has 0 bridgehead atoms. The number of hydrogen-bond donors (Lipinski definition) is 1. The molecular weight excluding hydrogens is 452 g/mol. The molecule has 1 aliphatic rings. The zero-order valence-corrected chi connectivity index (χ0v) is 21.1. The van der Waals surface area contributed by atoms with Crippen molar-refractivity contribution >= 4 is 27.8 Å². The maximum absolute atomic E-state index is 12.2. The number of carbonyl (C=O) groups excluding carboxylic acids is 1. The van der Waals surface area contributed by atoms with E-state index in [0.29, 0.717) is 17.3 Å². The molecule has 4 rings (SSSR count). The molecule has 1 fully saturated rings. The third kappa shape index (κ3) is 7.00. The summed E-state index contributed by atoms with van der Waals surface area (Å²) in [5.41, 5.74) is 5.00. The van der Waals surface area contributed by atoms with Gasteiger partial charge < -0.3 is 5.32 Å². The molecule has 0 spiro atoms. The van der Waals surface area contributed by atoms with E-state index in [2.05, 4.69) is 48.6 Å². The zero-order chi connectivity index (χ0) is 23.8. The van der Waals surface area contributed by atoms with E-state index in [4.69, 9.17) is 0 Å². The second kappa shape index (κ2) is 11.6. The molecule has 7 heteroatoms. The van der Waals surface area contributed by atoms with Crippen molar-refractivity contribution in [3.05, 3.63) is 87.8 Å². The van der Waals surface area contributed by atoms with Crippen LogP contribution in [0.1, 0.15) is 46.9 Å². The first-order valence-electron chi connectivity index (χ1n) is 11.2. The van der Waals surface area contributed by atoms with E-state index in [9.17, 15) is 13.2 Å². The fourth-order valence-corrected chi connectivity index (χ4v) is 7.11. The number of nitrogens with zero attached hydrogens (tertiary/aromatic N) is 1. The molecular formula is C26H32N2O3S2. The van der Waals surface area contributed by atoms with Gasteiger partial charge in [0.1, 0.15) is 4.21 Å². The lowest BCUT2D eigenvalue weighted by Crippen LogP contribution is -2.33. The van der Waals surface area contributed by atoms with E-state index in [1.807, 2.05) is 32.0 Å². The summed E-state index contributed by atoms with van der Waals surface area (Å²) >= 11 is 1.35. The predicted octanol–water partition coefficient (Wildman–Crippen LogP) is 5.06. The summed E-state index contributed by atoms with van der Waals surface area (Å²) in [6, 6.07) is 20.6. The van der Waals surface area contributed by atoms with Crippen LogP contribution in [0.5, 0.6) is 0 Å². The van der Waals surface area contributed by atoms with Gasteiger partial charge in [0.05, 0.1) is 0 Å². The minimum Gasteiger partial charge on any atom is -0.355 e. The highest BCUT2D eigenvalue weighted by atomic mass is 32.2. The van der Waals surface area contributed by atoms with Crippen molar-refractivity contribution in [2.45, 2.75) is 56.8 Å². The minimum atomic E-state index is -3.22. The van der Waals surface area contributed by atoms with E-state index in [1.165, 1.54) is 28.0 Å². The molecule has 1 amide bonds.